The zero-order chi connectivity index (χ0) is 20.2. The van der Waals surface area contributed by atoms with Gasteiger partial charge in [0, 0.05) is 24.0 Å². The lowest BCUT2D eigenvalue weighted by Gasteiger charge is -2.38. The van der Waals surface area contributed by atoms with Gasteiger partial charge in [0.1, 0.15) is 10.4 Å². The number of aromatic nitrogens is 1. The molecule has 8 heteroatoms. The molecule has 1 unspecified atom stereocenters. The molecule has 4 atom stereocenters. The number of thioether (sulfide) groups is 1. The molecule has 156 valence electrons. The molecule has 1 N–H and O–H groups in total. The van der Waals surface area contributed by atoms with Crippen LogP contribution in [0, 0.1) is 24.7 Å². The third-order valence-electron chi connectivity index (χ3n) is 7.39. The van der Waals surface area contributed by atoms with E-state index in [1.165, 1.54) is 37.2 Å². The summed E-state index contributed by atoms with van der Waals surface area (Å²) in [4.78, 5) is 32.8. The van der Waals surface area contributed by atoms with Gasteiger partial charge in [0.2, 0.25) is 0 Å². The van der Waals surface area contributed by atoms with Crippen molar-refractivity contribution in [1.29, 1.82) is 0 Å². The van der Waals surface area contributed by atoms with E-state index in [0.717, 1.165) is 34.7 Å². The van der Waals surface area contributed by atoms with Crippen LogP contribution in [0.4, 0.5) is 0 Å². The van der Waals surface area contributed by atoms with Crippen LogP contribution >= 0.6 is 23.3 Å². The summed E-state index contributed by atoms with van der Waals surface area (Å²) in [5.41, 5.74) is 0.546. The molecule has 1 aromatic heterocycles. The summed E-state index contributed by atoms with van der Waals surface area (Å²) in [5.74, 6) is 1.87. The molecule has 1 saturated heterocycles. The minimum Gasteiger partial charge on any atom is -0.361 e. The molecular weight excluding hydrogens is 404 g/mol. The van der Waals surface area contributed by atoms with E-state index in [1.54, 1.807) is 11.8 Å². The Kier molecular flexibility index (Phi) is 4.97. The molecule has 0 aromatic carbocycles. The van der Waals surface area contributed by atoms with Gasteiger partial charge >= 0.3 is 0 Å². The normalized spacial score (nSPS) is 34.7. The number of hydrogen-bond acceptors (Lipinski definition) is 6. The zero-order valence-corrected chi connectivity index (χ0v) is 18.7. The topological polar surface area (TPSA) is 74.7 Å². The summed E-state index contributed by atoms with van der Waals surface area (Å²) in [6.45, 7) is 5.37. The van der Waals surface area contributed by atoms with Gasteiger partial charge in [-0.2, -0.15) is 9.37 Å². The van der Waals surface area contributed by atoms with Crippen molar-refractivity contribution in [3.8, 4) is 0 Å². The number of likely N-dealkylation sites (tertiary alicyclic amines) is 1. The maximum absolute atomic E-state index is 12.8. The Balaban J connectivity index is 1.18. The molecule has 3 fully saturated rings. The monoisotopic (exact) mass is 432 g/mol. The van der Waals surface area contributed by atoms with Crippen molar-refractivity contribution in [2.24, 2.45) is 22.7 Å². The highest BCUT2D eigenvalue weighted by atomic mass is 32.2. The fourth-order valence-corrected chi connectivity index (χ4v) is 7.45. The van der Waals surface area contributed by atoms with Crippen molar-refractivity contribution >= 4 is 40.3 Å². The molecule has 29 heavy (non-hydrogen) atoms. The highest BCUT2D eigenvalue weighted by Crippen LogP contribution is 2.47. The highest BCUT2D eigenvalue weighted by Gasteiger charge is 2.49. The van der Waals surface area contributed by atoms with Gasteiger partial charge in [0.15, 0.2) is 5.17 Å². The summed E-state index contributed by atoms with van der Waals surface area (Å²) < 4.78 is 3.75. The second-order valence-electron chi connectivity index (χ2n) is 9.25. The van der Waals surface area contributed by atoms with E-state index in [4.69, 9.17) is 0 Å². The number of amidine groups is 1. The van der Waals surface area contributed by atoms with E-state index in [-0.39, 0.29) is 17.7 Å². The third kappa shape index (κ3) is 3.52. The molecule has 2 bridgehead atoms. The fraction of sp³-hybridized carbons (Fsp3) is 0.714. The van der Waals surface area contributed by atoms with Crippen molar-refractivity contribution in [3.63, 3.8) is 0 Å². The van der Waals surface area contributed by atoms with Gasteiger partial charge in [-0.25, -0.2) is 0 Å². The summed E-state index contributed by atoms with van der Waals surface area (Å²) in [6, 6.07) is 2.36. The van der Waals surface area contributed by atoms with Crippen LogP contribution in [0.15, 0.2) is 11.1 Å². The van der Waals surface area contributed by atoms with Crippen molar-refractivity contribution < 1.29 is 9.59 Å². The van der Waals surface area contributed by atoms with Gasteiger partial charge < -0.3 is 10.2 Å². The number of amides is 2. The van der Waals surface area contributed by atoms with Crippen LogP contribution in [0.3, 0.4) is 0 Å². The molecule has 2 aliphatic heterocycles. The SMILES string of the molecule is Cc1cc(C(=O)N2CCC(C3(C)SC(N[C@H]4C[C@@H]5CC[C@H]4C5)=NC3=O)CC2)ns1. The van der Waals surface area contributed by atoms with Crippen LogP contribution in [-0.4, -0.2) is 50.1 Å². The number of rotatable bonds is 3. The highest BCUT2D eigenvalue weighted by molar-refractivity contribution is 8.16. The molecule has 3 heterocycles. The Bertz CT molecular complexity index is 861. The maximum Gasteiger partial charge on any atom is 0.273 e. The van der Waals surface area contributed by atoms with Crippen LogP contribution in [0.2, 0.25) is 0 Å². The van der Waals surface area contributed by atoms with Crippen molar-refractivity contribution in [1.82, 2.24) is 14.6 Å². The van der Waals surface area contributed by atoms with Gasteiger partial charge in [0.05, 0.1) is 0 Å². The largest absolute Gasteiger partial charge is 0.361 e. The van der Waals surface area contributed by atoms with Crippen molar-refractivity contribution in [2.75, 3.05) is 13.1 Å². The first kappa shape index (κ1) is 19.5. The fourth-order valence-electron chi connectivity index (χ4n) is 5.63. The predicted molar refractivity (Wildman–Crippen MR) is 116 cm³/mol. The summed E-state index contributed by atoms with van der Waals surface area (Å²) >= 11 is 2.99. The average molecular weight is 433 g/mol. The van der Waals surface area contributed by atoms with Crippen LogP contribution in [0.1, 0.15) is 60.8 Å². The van der Waals surface area contributed by atoms with Crippen LogP contribution in [0.25, 0.3) is 0 Å². The molecule has 6 nitrogen and oxygen atoms in total. The Morgan fingerprint density at radius 2 is 2.03 bits per heavy atom. The number of nitrogens with one attached hydrogen (secondary N) is 1. The van der Waals surface area contributed by atoms with Crippen molar-refractivity contribution in [2.45, 2.75) is 63.2 Å². The van der Waals surface area contributed by atoms with Crippen LogP contribution in [0.5, 0.6) is 0 Å². The van der Waals surface area contributed by atoms with E-state index in [2.05, 4.69) is 14.7 Å². The number of aliphatic imine (C=N–C) groups is 1. The second-order valence-corrected chi connectivity index (χ2v) is 11.7. The molecule has 2 saturated carbocycles. The summed E-state index contributed by atoms with van der Waals surface area (Å²) in [5, 5.41) is 4.43. The van der Waals surface area contributed by atoms with Crippen molar-refractivity contribution in [3.05, 3.63) is 16.6 Å². The predicted octanol–water partition coefficient (Wildman–Crippen LogP) is 3.47. The van der Waals surface area contributed by atoms with E-state index in [1.807, 2.05) is 24.8 Å². The van der Waals surface area contributed by atoms with Crippen LogP contribution < -0.4 is 5.32 Å². The first-order valence-electron chi connectivity index (χ1n) is 10.7. The number of nitrogens with zero attached hydrogens (tertiary/aromatic N) is 3. The molecular formula is C21H28N4O2S2. The Morgan fingerprint density at radius 3 is 2.66 bits per heavy atom. The second kappa shape index (κ2) is 7.38. The quantitative estimate of drug-likeness (QED) is 0.792. The molecule has 1 aromatic rings. The van der Waals surface area contributed by atoms with E-state index in [9.17, 15) is 9.59 Å². The molecule has 5 rings (SSSR count). The number of aryl methyl sites for hydroxylation is 1. The summed E-state index contributed by atoms with van der Waals surface area (Å²) in [7, 11) is 0. The minimum atomic E-state index is -0.508. The van der Waals surface area contributed by atoms with Crippen LogP contribution in [-0.2, 0) is 4.79 Å². The first-order chi connectivity index (χ1) is 13.9. The maximum atomic E-state index is 12.8. The molecule has 2 aliphatic carbocycles. The lowest BCUT2D eigenvalue weighted by molar-refractivity contribution is -0.121. The lowest BCUT2D eigenvalue weighted by Crippen LogP contribution is -2.46. The van der Waals surface area contributed by atoms with Gasteiger partial charge in [-0.15, -0.1) is 0 Å². The number of carbonyl (C=O) groups is 2. The first-order valence-corrected chi connectivity index (χ1v) is 12.3. The molecule has 4 aliphatic rings. The molecule has 0 radical (unpaired) electrons. The van der Waals surface area contributed by atoms with Gasteiger partial charge in [-0.1, -0.05) is 18.2 Å². The van der Waals surface area contributed by atoms with E-state index >= 15 is 0 Å². The zero-order valence-electron chi connectivity index (χ0n) is 17.0. The number of hydrogen-bond donors (Lipinski definition) is 1. The third-order valence-corrected chi connectivity index (χ3v) is 9.42. The molecule has 0 spiro atoms. The Hall–Kier alpha value is -1.41. The number of piperidine rings is 1. The standard InChI is InChI=1S/C21H28N4O2S2/c1-12-9-17(24-29-12)18(26)25-7-5-15(6-8-25)21(2)19(27)23-20(28-21)22-16-11-13-3-4-14(16)10-13/h9,13-16H,3-8,10-11H2,1-2H3,(H,22,23,27)/t13-,14+,16+,21?/m1/s1. The van der Waals surface area contributed by atoms with Gasteiger partial charge in [-0.05, 0) is 81.3 Å². The van der Waals surface area contributed by atoms with Gasteiger partial charge in [0.25, 0.3) is 11.8 Å². The number of fused-ring (bicyclic) bond motifs is 2. The Labute approximate surface area is 180 Å². The minimum absolute atomic E-state index is 0.00643. The number of carbonyl (C=O) groups excluding carboxylic acids is 2. The van der Waals surface area contributed by atoms with Gasteiger partial charge in [-0.3, -0.25) is 9.59 Å². The Morgan fingerprint density at radius 1 is 1.24 bits per heavy atom. The smallest absolute Gasteiger partial charge is 0.273 e. The summed E-state index contributed by atoms with van der Waals surface area (Å²) in [6.07, 6.45) is 6.92. The van der Waals surface area contributed by atoms with E-state index in [0.29, 0.717) is 24.8 Å². The van der Waals surface area contributed by atoms with E-state index < -0.39 is 4.75 Å². The average Bonchev–Trinajstić information content (AvgIpc) is 3.48. The molecule has 2 amide bonds. The lowest BCUT2D eigenvalue weighted by atomic mass is 9.84.